The van der Waals surface area contributed by atoms with Gasteiger partial charge in [-0.25, -0.2) is 0 Å². The molecule has 0 amide bonds. The van der Waals surface area contributed by atoms with Crippen molar-refractivity contribution in [2.45, 2.75) is 65.0 Å². The van der Waals surface area contributed by atoms with E-state index in [1.165, 1.54) is 32.2 Å². The van der Waals surface area contributed by atoms with Gasteiger partial charge in [-0.05, 0) is 78.9 Å². The second-order valence-electron chi connectivity index (χ2n) is 6.48. The third kappa shape index (κ3) is 7.34. The van der Waals surface area contributed by atoms with Crippen LogP contribution < -0.4 is 10.6 Å². The van der Waals surface area contributed by atoms with Crippen LogP contribution in [0.5, 0.6) is 0 Å². The van der Waals surface area contributed by atoms with Crippen molar-refractivity contribution in [2.75, 3.05) is 26.2 Å². The maximum atomic E-state index is 5.57. The highest BCUT2D eigenvalue weighted by molar-refractivity contribution is 4.80. The summed E-state index contributed by atoms with van der Waals surface area (Å²) in [5, 5.41) is 7.04. The fourth-order valence-corrected chi connectivity index (χ4v) is 2.39. The van der Waals surface area contributed by atoms with Gasteiger partial charge >= 0.3 is 0 Å². The Balaban J connectivity index is 1.80. The molecule has 0 aliphatic heterocycles. The van der Waals surface area contributed by atoms with E-state index in [1.807, 2.05) is 0 Å². The Labute approximate surface area is 113 Å². The van der Waals surface area contributed by atoms with Crippen molar-refractivity contribution in [1.29, 1.82) is 0 Å². The molecule has 3 heteroatoms. The Hall–Kier alpha value is -0.120. The van der Waals surface area contributed by atoms with Crippen molar-refractivity contribution in [3.05, 3.63) is 0 Å². The first kappa shape index (κ1) is 15.9. The molecule has 18 heavy (non-hydrogen) atoms. The van der Waals surface area contributed by atoms with E-state index in [2.05, 4.69) is 38.3 Å². The van der Waals surface area contributed by atoms with E-state index in [-0.39, 0.29) is 5.54 Å². The van der Waals surface area contributed by atoms with Crippen LogP contribution in [0.15, 0.2) is 0 Å². The summed E-state index contributed by atoms with van der Waals surface area (Å²) in [7, 11) is 0. The zero-order chi connectivity index (χ0) is 13.4. The normalized spacial score (nSPS) is 24.0. The minimum Gasteiger partial charge on any atom is -0.378 e. The molecule has 0 spiro atoms. The maximum absolute atomic E-state index is 5.57. The summed E-state index contributed by atoms with van der Waals surface area (Å²) in [6, 6.07) is 0. The van der Waals surface area contributed by atoms with Crippen LogP contribution in [0, 0.1) is 5.92 Å². The Morgan fingerprint density at radius 2 is 1.83 bits per heavy atom. The molecule has 0 heterocycles. The third-order valence-electron chi connectivity index (χ3n) is 3.51. The average Bonchev–Trinajstić information content (AvgIpc) is 2.22. The van der Waals surface area contributed by atoms with Gasteiger partial charge in [0.05, 0.1) is 6.10 Å². The van der Waals surface area contributed by atoms with Gasteiger partial charge in [0, 0.05) is 12.1 Å². The van der Waals surface area contributed by atoms with Crippen molar-refractivity contribution in [1.82, 2.24) is 10.6 Å². The van der Waals surface area contributed by atoms with E-state index in [9.17, 15) is 0 Å². The van der Waals surface area contributed by atoms with Crippen LogP contribution in [0.2, 0.25) is 0 Å². The van der Waals surface area contributed by atoms with Gasteiger partial charge in [0.1, 0.15) is 0 Å². The Morgan fingerprint density at radius 1 is 1.11 bits per heavy atom. The standard InChI is InChI=1S/C15H32N2O/c1-5-18-14-11-13(12-14)7-10-16-8-6-9-17-15(2,3)4/h13-14,16-17H,5-12H2,1-4H3. The Bertz CT molecular complexity index is 207. The largest absolute Gasteiger partial charge is 0.378 e. The van der Waals surface area contributed by atoms with Gasteiger partial charge in [0.15, 0.2) is 0 Å². The fraction of sp³-hybridized carbons (Fsp3) is 1.00. The van der Waals surface area contributed by atoms with Crippen LogP contribution in [-0.2, 0) is 4.74 Å². The number of nitrogens with one attached hydrogen (secondary N) is 2. The molecule has 3 nitrogen and oxygen atoms in total. The minimum atomic E-state index is 0.250. The molecule has 0 unspecified atom stereocenters. The van der Waals surface area contributed by atoms with E-state index in [0.717, 1.165) is 25.6 Å². The molecule has 0 aromatic heterocycles. The molecule has 1 saturated carbocycles. The first-order valence-corrected chi connectivity index (χ1v) is 7.58. The Morgan fingerprint density at radius 3 is 2.44 bits per heavy atom. The first-order valence-electron chi connectivity index (χ1n) is 7.58. The number of hydrogen-bond donors (Lipinski definition) is 2. The van der Waals surface area contributed by atoms with Gasteiger partial charge in [0.25, 0.3) is 0 Å². The van der Waals surface area contributed by atoms with Crippen LogP contribution >= 0.6 is 0 Å². The predicted octanol–water partition coefficient (Wildman–Crippen LogP) is 2.56. The maximum Gasteiger partial charge on any atom is 0.0580 e. The molecule has 2 N–H and O–H groups in total. The smallest absolute Gasteiger partial charge is 0.0580 e. The lowest BCUT2D eigenvalue weighted by molar-refractivity contribution is -0.0262. The van der Waals surface area contributed by atoms with Crippen LogP contribution in [0.25, 0.3) is 0 Å². The molecule has 1 aliphatic rings. The minimum absolute atomic E-state index is 0.250. The molecule has 0 aromatic rings. The van der Waals surface area contributed by atoms with E-state index in [0.29, 0.717) is 6.10 Å². The number of ether oxygens (including phenoxy) is 1. The summed E-state index contributed by atoms with van der Waals surface area (Å²) in [5.74, 6) is 0.904. The number of rotatable bonds is 9. The third-order valence-corrected chi connectivity index (χ3v) is 3.51. The van der Waals surface area contributed by atoms with Crippen molar-refractivity contribution in [2.24, 2.45) is 5.92 Å². The quantitative estimate of drug-likeness (QED) is 0.622. The summed E-state index contributed by atoms with van der Waals surface area (Å²) in [6.45, 7) is 13.0. The zero-order valence-corrected chi connectivity index (χ0v) is 12.7. The Kier molecular flexibility index (Phi) is 7.20. The molecule has 108 valence electrons. The topological polar surface area (TPSA) is 33.3 Å². The van der Waals surface area contributed by atoms with Crippen LogP contribution in [0.4, 0.5) is 0 Å². The molecule has 0 atom stereocenters. The summed E-state index contributed by atoms with van der Waals surface area (Å²) >= 11 is 0. The lowest BCUT2D eigenvalue weighted by Crippen LogP contribution is -2.37. The van der Waals surface area contributed by atoms with E-state index >= 15 is 0 Å². The van der Waals surface area contributed by atoms with Gasteiger partial charge in [-0.1, -0.05) is 0 Å². The lowest BCUT2D eigenvalue weighted by atomic mass is 9.80. The van der Waals surface area contributed by atoms with Crippen molar-refractivity contribution < 1.29 is 4.74 Å². The molecule has 0 saturated heterocycles. The van der Waals surface area contributed by atoms with Gasteiger partial charge < -0.3 is 15.4 Å². The summed E-state index contributed by atoms with van der Waals surface area (Å²) < 4.78 is 5.57. The molecule has 0 radical (unpaired) electrons. The summed E-state index contributed by atoms with van der Waals surface area (Å²) in [6.07, 6.45) is 5.65. The van der Waals surface area contributed by atoms with Gasteiger partial charge in [0.2, 0.25) is 0 Å². The van der Waals surface area contributed by atoms with Gasteiger partial charge in [-0.15, -0.1) is 0 Å². The van der Waals surface area contributed by atoms with Crippen molar-refractivity contribution in [3.8, 4) is 0 Å². The highest BCUT2D eigenvalue weighted by Gasteiger charge is 2.28. The highest BCUT2D eigenvalue weighted by Crippen LogP contribution is 2.32. The van der Waals surface area contributed by atoms with E-state index in [4.69, 9.17) is 4.74 Å². The average molecular weight is 256 g/mol. The predicted molar refractivity (Wildman–Crippen MR) is 78.0 cm³/mol. The SMILES string of the molecule is CCOC1CC(CCNCCCNC(C)(C)C)C1. The molecular formula is C15H32N2O. The van der Waals surface area contributed by atoms with Gasteiger partial charge in [-0.2, -0.15) is 0 Å². The molecule has 1 rings (SSSR count). The van der Waals surface area contributed by atoms with Crippen molar-refractivity contribution in [3.63, 3.8) is 0 Å². The van der Waals surface area contributed by atoms with E-state index in [1.54, 1.807) is 0 Å². The molecular weight excluding hydrogens is 224 g/mol. The summed E-state index contributed by atoms with van der Waals surface area (Å²) in [5.41, 5.74) is 0.250. The summed E-state index contributed by atoms with van der Waals surface area (Å²) in [4.78, 5) is 0. The monoisotopic (exact) mass is 256 g/mol. The molecule has 0 bridgehead atoms. The fourth-order valence-electron chi connectivity index (χ4n) is 2.39. The number of hydrogen-bond acceptors (Lipinski definition) is 3. The van der Waals surface area contributed by atoms with Gasteiger partial charge in [-0.3, -0.25) is 0 Å². The van der Waals surface area contributed by atoms with E-state index < -0.39 is 0 Å². The molecule has 1 fully saturated rings. The second kappa shape index (κ2) is 8.13. The lowest BCUT2D eigenvalue weighted by Gasteiger charge is -2.35. The van der Waals surface area contributed by atoms with Crippen LogP contribution in [0.1, 0.15) is 53.4 Å². The van der Waals surface area contributed by atoms with Crippen LogP contribution in [-0.4, -0.2) is 37.9 Å². The second-order valence-corrected chi connectivity index (χ2v) is 6.48. The van der Waals surface area contributed by atoms with Crippen LogP contribution in [0.3, 0.4) is 0 Å². The zero-order valence-electron chi connectivity index (χ0n) is 12.7. The molecule has 1 aliphatic carbocycles. The first-order chi connectivity index (χ1) is 8.51. The molecule has 0 aromatic carbocycles. The highest BCUT2D eigenvalue weighted by atomic mass is 16.5. The van der Waals surface area contributed by atoms with Crippen molar-refractivity contribution >= 4 is 0 Å².